The highest BCUT2D eigenvalue weighted by atomic mass is 16.5. The first-order chi connectivity index (χ1) is 15.1. The van der Waals surface area contributed by atoms with Crippen LogP contribution in [-0.4, -0.2) is 60.0 Å². The fourth-order valence-electron chi connectivity index (χ4n) is 3.98. The summed E-state index contributed by atoms with van der Waals surface area (Å²) in [6, 6.07) is -0.915. The third kappa shape index (κ3) is 8.76. The van der Waals surface area contributed by atoms with Crippen LogP contribution in [0.15, 0.2) is 11.6 Å². The summed E-state index contributed by atoms with van der Waals surface area (Å²) in [6.45, 7) is 21.6. The van der Waals surface area contributed by atoms with Crippen molar-refractivity contribution in [3.05, 3.63) is 11.6 Å². The van der Waals surface area contributed by atoms with Gasteiger partial charge in [-0.25, -0.2) is 4.79 Å². The summed E-state index contributed by atoms with van der Waals surface area (Å²) in [7, 11) is 1.73. The van der Waals surface area contributed by atoms with E-state index in [1.807, 2.05) is 62.3 Å². The smallest absolute Gasteiger partial charge is 0.333 e. The molecular weight excluding hydrogens is 418 g/mol. The van der Waals surface area contributed by atoms with Gasteiger partial charge in [0.1, 0.15) is 6.04 Å². The van der Waals surface area contributed by atoms with E-state index in [1.54, 1.807) is 31.9 Å². The molecule has 0 aromatic carbocycles. The van der Waals surface area contributed by atoms with Crippen LogP contribution in [0.3, 0.4) is 0 Å². The quantitative estimate of drug-likeness (QED) is 0.334. The molecule has 192 valence electrons. The predicted octanol–water partition coefficient (Wildman–Crippen LogP) is 4.07. The van der Waals surface area contributed by atoms with Crippen LogP contribution in [-0.2, 0) is 19.1 Å². The average molecular weight is 468 g/mol. The van der Waals surface area contributed by atoms with Crippen molar-refractivity contribution in [3.63, 3.8) is 0 Å². The summed E-state index contributed by atoms with van der Waals surface area (Å²) in [4.78, 5) is 41.0. The number of hydrogen-bond acceptors (Lipinski definition) is 5. The predicted molar refractivity (Wildman–Crippen MR) is 135 cm³/mol. The topological polar surface area (TPSA) is 87.7 Å². The van der Waals surface area contributed by atoms with E-state index in [4.69, 9.17) is 4.74 Å². The van der Waals surface area contributed by atoms with E-state index in [2.05, 4.69) is 10.6 Å². The number of esters is 1. The van der Waals surface area contributed by atoms with Crippen molar-refractivity contribution >= 4 is 17.8 Å². The van der Waals surface area contributed by atoms with Gasteiger partial charge in [0, 0.05) is 18.7 Å². The van der Waals surface area contributed by atoms with Gasteiger partial charge in [-0.2, -0.15) is 0 Å². The first kappa shape index (κ1) is 31.1. The average Bonchev–Trinajstić information content (AvgIpc) is 2.71. The van der Waals surface area contributed by atoms with Crippen LogP contribution in [0.2, 0.25) is 0 Å². The Morgan fingerprint density at radius 2 is 1.52 bits per heavy atom. The molecule has 0 aromatic heterocycles. The van der Waals surface area contributed by atoms with Crippen LogP contribution < -0.4 is 10.6 Å². The maximum atomic E-state index is 13.7. The van der Waals surface area contributed by atoms with Crippen LogP contribution >= 0.6 is 0 Å². The Morgan fingerprint density at radius 3 is 1.88 bits per heavy atom. The minimum Gasteiger partial charge on any atom is -0.463 e. The Morgan fingerprint density at radius 1 is 1.00 bits per heavy atom. The van der Waals surface area contributed by atoms with Gasteiger partial charge >= 0.3 is 5.97 Å². The van der Waals surface area contributed by atoms with Gasteiger partial charge in [0.25, 0.3) is 0 Å². The van der Waals surface area contributed by atoms with Gasteiger partial charge in [0.05, 0.1) is 18.2 Å². The highest BCUT2D eigenvalue weighted by Crippen LogP contribution is 2.26. The zero-order chi connectivity index (χ0) is 26.1. The Labute approximate surface area is 202 Å². The Hall–Kier alpha value is -1.89. The number of rotatable bonds is 12. The molecule has 0 aliphatic rings. The lowest BCUT2D eigenvalue weighted by Crippen LogP contribution is -2.64. The number of nitrogens with one attached hydrogen (secondary N) is 2. The van der Waals surface area contributed by atoms with Crippen molar-refractivity contribution in [3.8, 4) is 0 Å². The fraction of sp³-hybridized carbons (Fsp3) is 0.808. The molecule has 0 fully saturated rings. The van der Waals surface area contributed by atoms with E-state index in [1.165, 1.54) is 0 Å². The molecule has 0 spiro atoms. The molecule has 0 radical (unpaired) electrons. The summed E-state index contributed by atoms with van der Waals surface area (Å²) in [6.07, 6.45) is 3.01. The van der Waals surface area contributed by atoms with Crippen LogP contribution in [0.1, 0.15) is 89.0 Å². The molecule has 2 amide bonds. The summed E-state index contributed by atoms with van der Waals surface area (Å²) in [5, 5.41) is 6.48. The highest BCUT2D eigenvalue weighted by Gasteiger charge is 2.42. The molecule has 0 aliphatic carbocycles. The van der Waals surface area contributed by atoms with Gasteiger partial charge < -0.3 is 20.3 Å². The number of carbonyl (C=O) groups excluding carboxylic acids is 3. The number of nitrogens with zero attached hydrogens (tertiary/aromatic N) is 1. The van der Waals surface area contributed by atoms with Gasteiger partial charge in [0.2, 0.25) is 11.8 Å². The van der Waals surface area contributed by atoms with Crippen LogP contribution in [0, 0.1) is 11.3 Å². The fourth-order valence-corrected chi connectivity index (χ4v) is 3.98. The minimum atomic E-state index is -0.742. The molecule has 0 heterocycles. The summed E-state index contributed by atoms with van der Waals surface area (Å²) in [5.74, 6) is -0.678. The van der Waals surface area contributed by atoms with Gasteiger partial charge in [0.15, 0.2) is 0 Å². The van der Waals surface area contributed by atoms with Crippen molar-refractivity contribution in [1.29, 1.82) is 0 Å². The molecule has 33 heavy (non-hydrogen) atoms. The first-order valence-corrected chi connectivity index (χ1v) is 12.3. The standard InChI is InChI=1S/C26H49N3O4/c1-13-26(14-2,28-18(6)7)24(32)27-21(25(9,10)11)22(30)29(12)20(17(4)5)16-19(8)23(31)33-15-3/h16-18,20-21,28H,13-15H2,1-12H3,(H,27,32)/b19-16+/t20-,21?/m1/s1. The highest BCUT2D eigenvalue weighted by molar-refractivity contribution is 5.93. The number of carbonyl (C=O) groups is 3. The van der Waals surface area contributed by atoms with E-state index in [9.17, 15) is 14.4 Å². The van der Waals surface area contributed by atoms with Crippen molar-refractivity contribution < 1.29 is 19.1 Å². The van der Waals surface area contributed by atoms with Crippen molar-refractivity contribution in [2.24, 2.45) is 11.3 Å². The molecule has 0 saturated carbocycles. The van der Waals surface area contributed by atoms with Crippen molar-refractivity contribution in [2.45, 2.75) is 113 Å². The maximum absolute atomic E-state index is 13.7. The van der Waals surface area contributed by atoms with E-state index in [0.29, 0.717) is 25.0 Å². The van der Waals surface area contributed by atoms with Crippen molar-refractivity contribution in [1.82, 2.24) is 15.5 Å². The molecule has 0 saturated heterocycles. The van der Waals surface area contributed by atoms with E-state index >= 15 is 0 Å². The number of amides is 2. The molecule has 7 heteroatoms. The Balaban J connectivity index is 6.06. The Bertz CT molecular complexity index is 688. The zero-order valence-corrected chi connectivity index (χ0v) is 23.1. The molecule has 2 atom stereocenters. The first-order valence-electron chi connectivity index (χ1n) is 12.3. The molecule has 1 unspecified atom stereocenters. The second-order valence-electron chi connectivity index (χ2n) is 10.6. The lowest BCUT2D eigenvalue weighted by Gasteiger charge is -2.40. The van der Waals surface area contributed by atoms with E-state index in [0.717, 1.165) is 0 Å². The summed E-state index contributed by atoms with van der Waals surface area (Å²) in [5.41, 5.74) is -0.786. The zero-order valence-electron chi connectivity index (χ0n) is 23.1. The normalized spacial score (nSPS) is 14.8. The van der Waals surface area contributed by atoms with Gasteiger partial charge in [-0.3, -0.25) is 9.59 Å². The third-order valence-electron chi connectivity index (χ3n) is 6.09. The summed E-state index contributed by atoms with van der Waals surface area (Å²) < 4.78 is 5.10. The van der Waals surface area contributed by atoms with Gasteiger partial charge in [-0.1, -0.05) is 54.5 Å². The Kier molecular flexibility index (Phi) is 12.4. The monoisotopic (exact) mass is 467 g/mol. The molecule has 0 aromatic rings. The maximum Gasteiger partial charge on any atom is 0.333 e. The van der Waals surface area contributed by atoms with Crippen molar-refractivity contribution in [2.75, 3.05) is 13.7 Å². The van der Waals surface area contributed by atoms with Gasteiger partial charge in [-0.05, 0) is 51.9 Å². The van der Waals surface area contributed by atoms with Gasteiger partial charge in [-0.15, -0.1) is 0 Å². The van der Waals surface area contributed by atoms with E-state index in [-0.39, 0.29) is 35.8 Å². The molecule has 0 rings (SSSR count). The van der Waals surface area contributed by atoms with E-state index < -0.39 is 17.0 Å². The SMILES string of the molecule is CCOC(=O)/C(C)=C/[C@H](C(C)C)N(C)C(=O)C(NC(=O)C(CC)(CC)NC(C)C)C(C)(C)C. The lowest BCUT2D eigenvalue weighted by atomic mass is 9.83. The largest absolute Gasteiger partial charge is 0.463 e. The molecule has 0 bridgehead atoms. The van der Waals surface area contributed by atoms with Crippen LogP contribution in [0.5, 0.6) is 0 Å². The van der Waals surface area contributed by atoms with Crippen LogP contribution in [0.4, 0.5) is 0 Å². The molecule has 7 nitrogen and oxygen atoms in total. The van der Waals surface area contributed by atoms with Crippen LogP contribution in [0.25, 0.3) is 0 Å². The number of ether oxygens (including phenoxy) is 1. The number of likely N-dealkylation sites (N-methyl/N-ethyl adjacent to an activating group) is 1. The minimum absolute atomic E-state index is 0.0626. The second-order valence-corrected chi connectivity index (χ2v) is 10.6. The molecule has 2 N–H and O–H groups in total. The second kappa shape index (κ2) is 13.1. The lowest BCUT2D eigenvalue weighted by molar-refractivity contribution is -0.142. The summed E-state index contributed by atoms with van der Waals surface area (Å²) >= 11 is 0. The molecular formula is C26H49N3O4. The molecule has 0 aliphatic heterocycles. The number of hydrogen-bond donors (Lipinski definition) is 2. The third-order valence-corrected chi connectivity index (χ3v) is 6.09.